The number of hydrogen-bond acceptors (Lipinski definition) is 2. The van der Waals surface area contributed by atoms with Crippen LogP contribution in [0.15, 0.2) is 0 Å². The van der Waals surface area contributed by atoms with Crippen molar-refractivity contribution in [2.24, 2.45) is 11.5 Å². The second kappa shape index (κ2) is 20.0. The van der Waals surface area contributed by atoms with E-state index in [1.807, 2.05) is 0 Å². The Morgan fingerprint density at radius 2 is 0.870 bits per heavy atom. The molecule has 0 spiro atoms. The first-order valence-electron chi connectivity index (χ1n) is 10.8. The molecule has 4 N–H and O–H groups in total. The van der Waals surface area contributed by atoms with E-state index in [1.165, 1.54) is 103 Å². The summed E-state index contributed by atoms with van der Waals surface area (Å²) in [6, 6.07) is 0.339. The second-order valence-corrected chi connectivity index (χ2v) is 7.43. The van der Waals surface area contributed by atoms with E-state index >= 15 is 0 Å². The number of rotatable bonds is 19. The van der Waals surface area contributed by atoms with Gasteiger partial charge in [0.05, 0.1) is 0 Å². The van der Waals surface area contributed by atoms with Gasteiger partial charge in [-0.05, 0) is 19.4 Å². The van der Waals surface area contributed by atoms with Crippen molar-refractivity contribution in [3.8, 4) is 0 Å². The average Bonchev–Trinajstić information content (AvgIpc) is 2.54. The summed E-state index contributed by atoms with van der Waals surface area (Å²) in [4.78, 5) is 0. The third-order valence-corrected chi connectivity index (χ3v) is 4.97. The molecule has 0 aliphatic carbocycles. The summed E-state index contributed by atoms with van der Waals surface area (Å²) in [7, 11) is 0. The molecule has 0 amide bonds. The molecule has 0 rings (SSSR count). The summed E-state index contributed by atoms with van der Waals surface area (Å²) >= 11 is 0. The third kappa shape index (κ3) is 19.9. The van der Waals surface area contributed by atoms with Crippen LogP contribution in [-0.2, 0) is 0 Å². The van der Waals surface area contributed by atoms with E-state index in [1.54, 1.807) is 0 Å². The highest BCUT2D eigenvalue weighted by molar-refractivity contribution is 4.61. The molecule has 0 bridgehead atoms. The molecule has 0 aliphatic heterocycles. The molecule has 0 aromatic carbocycles. The van der Waals surface area contributed by atoms with Crippen LogP contribution < -0.4 is 11.5 Å². The molecule has 1 atom stereocenters. The van der Waals surface area contributed by atoms with Crippen molar-refractivity contribution in [1.29, 1.82) is 0 Å². The molecule has 0 radical (unpaired) electrons. The lowest BCUT2D eigenvalue weighted by Crippen LogP contribution is -2.23. The Hall–Kier alpha value is -0.0800. The molecular weight excluding hydrogens is 280 g/mol. The van der Waals surface area contributed by atoms with E-state index in [0.29, 0.717) is 6.04 Å². The van der Waals surface area contributed by atoms with E-state index in [-0.39, 0.29) is 0 Å². The van der Waals surface area contributed by atoms with Crippen molar-refractivity contribution in [3.05, 3.63) is 0 Å². The smallest absolute Gasteiger partial charge is 0.00508 e. The Kier molecular flexibility index (Phi) is 19.9. The predicted octanol–water partition coefficient (Wildman–Crippen LogP) is 6.31. The maximum Gasteiger partial charge on any atom is 0.00508 e. The second-order valence-electron chi connectivity index (χ2n) is 7.43. The van der Waals surface area contributed by atoms with Crippen molar-refractivity contribution in [2.75, 3.05) is 6.54 Å². The predicted molar refractivity (Wildman–Crippen MR) is 106 cm³/mol. The van der Waals surface area contributed by atoms with Crippen molar-refractivity contribution in [1.82, 2.24) is 0 Å². The van der Waals surface area contributed by atoms with Crippen molar-refractivity contribution in [3.63, 3.8) is 0 Å². The van der Waals surface area contributed by atoms with Crippen LogP contribution in [0.25, 0.3) is 0 Å². The largest absolute Gasteiger partial charge is 0.330 e. The van der Waals surface area contributed by atoms with Crippen LogP contribution >= 0.6 is 0 Å². The first-order chi connectivity index (χ1) is 11.3. The fourth-order valence-electron chi connectivity index (χ4n) is 3.31. The van der Waals surface area contributed by atoms with Gasteiger partial charge in [-0.1, -0.05) is 110 Å². The number of nitrogens with two attached hydrogens (primary N) is 2. The molecule has 0 heterocycles. The Morgan fingerprint density at radius 1 is 0.522 bits per heavy atom. The van der Waals surface area contributed by atoms with Crippen LogP contribution in [0, 0.1) is 0 Å². The lowest BCUT2D eigenvalue weighted by molar-refractivity contribution is 0.504. The topological polar surface area (TPSA) is 52.0 Å². The van der Waals surface area contributed by atoms with Gasteiger partial charge in [0.15, 0.2) is 0 Å². The molecule has 0 aliphatic rings. The van der Waals surface area contributed by atoms with Gasteiger partial charge >= 0.3 is 0 Å². The molecule has 0 aromatic heterocycles. The first-order valence-corrected chi connectivity index (χ1v) is 10.8. The van der Waals surface area contributed by atoms with E-state index in [2.05, 4.69) is 6.92 Å². The quantitative estimate of drug-likeness (QED) is 0.273. The summed E-state index contributed by atoms with van der Waals surface area (Å²) in [5.74, 6) is 0. The molecule has 0 saturated heterocycles. The number of unbranched alkanes of at least 4 members (excludes halogenated alkanes) is 15. The minimum Gasteiger partial charge on any atom is -0.330 e. The molecular formula is C21H46N2. The summed E-state index contributed by atoms with van der Waals surface area (Å²) in [6.45, 7) is 3.03. The van der Waals surface area contributed by atoms with Crippen LogP contribution in [-0.4, -0.2) is 12.6 Å². The Labute approximate surface area is 147 Å². The van der Waals surface area contributed by atoms with Crippen LogP contribution in [0.4, 0.5) is 0 Å². The van der Waals surface area contributed by atoms with Crippen LogP contribution in [0.2, 0.25) is 0 Å². The van der Waals surface area contributed by atoms with Gasteiger partial charge < -0.3 is 11.5 Å². The van der Waals surface area contributed by atoms with Gasteiger partial charge in [0.1, 0.15) is 0 Å². The summed E-state index contributed by atoms with van der Waals surface area (Å²) in [5, 5.41) is 0. The zero-order valence-electron chi connectivity index (χ0n) is 16.2. The van der Waals surface area contributed by atoms with Gasteiger partial charge in [-0.2, -0.15) is 0 Å². The normalized spacial score (nSPS) is 12.7. The highest BCUT2D eigenvalue weighted by atomic mass is 14.6. The van der Waals surface area contributed by atoms with E-state index in [0.717, 1.165) is 19.4 Å². The summed E-state index contributed by atoms with van der Waals surface area (Å²) in [5.41, 5.74) is 11.5. The van der Waals surface area contributed by atoms with Crippen LogP contribution in [0.5, 0.6) is 0 Å². The zero-order chi connectivity index (χ0) is 17.0. The van der Waals surface area contributed by atoms with Gasteiger partial charge in [0.25, 0.3) is 0 Å². The Morgan fingerprint density at radius 3 is 1.22 bits per heavy atom. The number of hydrogen-bond donors (Lipinski definition) is 2. The SMILES string of the molecule is CCCCCCCCCCCCCCCCCCC(N)CCN. The molecule has 0 aromatic rings. The summed E-state index contributed by atoms with van der Waals surface area (Å²) < 4.78 is 0. The van der Waals surface area contributed by atoms with Crippen molar-refractivity contribution < 1.29 is 0 Å². The zero-order valence-corrected chi connectivity index (χ0v) is 16.2. The van der Waals surface area contributed by atoms with Gasteiger partial charge in [-0.3, -0.25) is 0 Å². The molecule has 23 heavy (non-hydrogen) atoms. The van der Waals surface area contributed by atoms with Gasteiger partial charge in [0, 0.05) is 6.04 Å². The van der Waals surface area contributed by atoms with Crippen molar-refractivity contribution in [2.45, 2.75) is 129 Å². The lowest BCUT2D eigenvalue weighted by atomic mass is 10.0. The fraction of sp³-hybridized carbons (Fsp3) is 1.00. The molecule has 0 fully saturated rings. The lowest BCUT2D eigenvalue weighted by Gasteiger charge is -2.09. The minimum absolute atomic E-state index is 0.339. The monoisotopic (exact) mass is 326 g/mol. The molecule has 140 valence electrons. The van der Waals surface area contributed by atoms with Crippen LogP contribution in [0.3, 0.4) is 0 Å². The standard InChI is InChI=1S/C21H46N2/c1-2-3-4-5-6-7-8-9-10-11-12-13-14-15-16-17-18-21(23)19-20-22/h21H,2-20,22-23H2,1H3. The fourth-order valence-corrected chi connectivity index (χ4v) is 3.31. The van der Waals surface area contributed by atoms with Gasteiger partial charge in [-0.15, -0.1) is 0 Å². The molecule has 0 saturated carbocycles. The summed E-state index contributed by atoms with van der Waals surface area (Å²) in [6.07, 6.45) is 25.0. The highest BCUT2D eigenvalue weighted by Crippen LogP contribution is 2.14. The molecule has 2 nitrogen and oxygen atoms in total. The minimum atomic E-state index is 0.339. The van der Waals surface area contributed by atoms with E-state index in [9.17, 15) is 0 Å². The highest BCUT2D eigenvalue weighted by Gasteiger charge is 2.00. The van der Waals surface area contributed by atoms with E-state index in [4.69, 9.17) is 11.5 Å². The first kappa shape index (κ1) is 22.9. The van der Waals surface area contributed by atoms with Gasteiger partial charge in [-0.25, -0.2) is 0 Å². The Balaban J connectivity index is 3.00. The Bertz CT molecular complexity index is 206. The average molecular weight is 327 g/mol. The molecule has 2 heteroatoms. The molecule has 1 unspecified atom stereocenters. The van der Waals surface area contributed by atoms with Gasteiger partial charge in [0.2, 0.25) is 0 Å². The maximum atomic E-state index is 5.96. The maximum absolute atomic E-state index is 5.96. The van der Waals surface area contributed by atoms with Crippen molar-refractivity contribution >= 4 is 0 Å². The van der Waals surface area contributed by atoms with E-state index < -0.39 is 0 Å². The third-order valence-electron chi connectivity index (χ3n) is 4.97. The van der Waals surface area contributed by atoms with Crippen LogP contribution in [0.1, 0.15) is 122 Å².